The van der Waals surface area contributed by atoms with Crippen molar-refractivity contribution in [2.24, 2.45) is 0 Å². The molecule has 0 saturated heterocycles. The smallest absolute Gasteiger partial charge is 0.159 e. The molecule has 0 saturated carbocycles. The molecule has 0 aliphatic heterocycles. The molecule has 0 heterocycles. The van der Waals surface area contributed by atoms with E-state index in [0.717, 1.165) is 0 Å². The topological polar surface area (TPSA) is 29.5 Å². The van der Waals surface area contributed by atoms with Gasteiger partial charge in [0.25, 0.3) is 0 Å². The number of hydrogen-bond donors (Lipinski definition) is 1. The molecule has 0 atom stereocenters. The summed E-state index contributed by atoms with van der Waals surface area (Å²) in [5.74, 6) is 0.641. The Hall–Kier alpha value is -1.15. The summed E-state index contributed by atoms with van der Waals surface area (Å²) in [6, 6.07) is 6.94. The third kappa shape index (κ3) is 2.67. The number of aliphatic hydroxyl groups is 1. The lowest BCUT2D eigenvalue weighted by atomic mass is 10.1. The monoisotopic (exact) mass is 212 g/mol. The van der Waals surface area contributed by atoms with Crippen LogP contribution in [0, 0.1) is 0 Å². The number of rotatable bonds is 3. The average Bonchev–Trinajstić information content (AvgIpc) is 2.08. The highest BCUT2D eigenvalue weighted by molar-refractivity contribution is 6.30. The molecule has 0 bridgehead atoms. The van der Waals surface area contributed by atoms with Gasteiger partial charge in [-0.15, -0.1) is 0 Å². The number of halogens is 1. The number of aliphatic hydroxyl groups excluding tert-OH is 1. The van der Waals surface area contributed by atoms with Gasteiger partial charge >= 0.3 is 0 Å². The average molecular weight is 213 g/mol. The molecule has 14 heavy (non-hydrogen) atoms. The fourth-order valence-corrected chi connectivity index (χ4v) is 0.982. The molecule has 1 aromatic rings. The van der Waals surface area contributed by atoms with E-state index in [4.69, 9.17) is 16.3 Å². The van der Waals surface area contributed by atoms with Crippen LogP contribution in [0.1, 0.15) is 13.8 Å². The Morgan fingerprint density at radius 2 is 1.86 bits per heavy atom. The second-order valence-electron chi connectivity index (χ2n) is 3.51. The van der Waals surface area contributed by atoms with E-state index in [1.807, 2.05) is 0 Å². The van der Waals surface area contributed by atoms with Gasteiger partial charge in [-0.2, -0.15) is 0 Å². The number of benzene rings is 1. The summed E-state index contributed by atoms with van der Waals surface area (Å²) >= 11 is 5.72. The van der Waals surface area contributed by atoms with Crippen molar-refractivity contribution in [3.05, 3.63) is 41.6 Å². The minimum atomic E-state index is -0.784. The molecule has 0 aromatic heterocycles. The summed E-state index contributed by atoms with van der Waals surface area (Å²) in [5.41, 5.74) is -0.784. The van der Waals surface area contributed by atoms with Gasteiger partial charge in [-0.3, -0.25) is 0 Å². The van der Waals surface area contributed by atoms with Gasteiger partial charge in [0.2, 0.25) is 0 Å². The molecule has 3 heteroatoms. The summed E-state index contributed by atoms with van der Waals surface area (Å²) in [7, 11) is 0. The quantitative estimate of drug-likeness (QED) is 0.777. The fraction of sp³-hybridized carbons (Fsp3) is 0.273. The van der Waals surface area contributed by atoms with Crippen molar-refractivity contribution < 1.29 is 9.84 Å². The van der Waals surface area contributed by atoms with Crippen LogP contribution in [0.5, 0.6) is 5.75 Å². The number of ether oxygens (including phenoxy) is 1. The first kappa shape index (κ1) is 10.9. The van der Waals surface area contributed by atoms with Crippen LogP contribution >= 0.6 is 11.6 Å². The highest BCUT2D eigenvalue weighted by Gasteiger charge is 2.23. The Labute approximate surface area is 88.8 Å². The van der Waals surface area contributed by atoms with Crippen molar-refractivity contribution in [1.82, 2.24) is 0 Å². The van der Waals surface area contributed by atoms with Gasteiger partial charge in [0.05, 0.1) is 0 Å². The van der Waals surface area contributed by atoms with E-state index in [9.17, 15) is 5.11 Å². The van der Waals surface area contributed by atoms with E-state index < -0.39 is 5.60 Å². The molecular weight excluding hydrogens is 200 g/mol. The summed E-state index contributed by atoms with van der Waals surface area (Å²) in [6.45, 7) is 6.93. The highest BCUT2D eigenvalue weighted by atomic mass is 35.5. The van der Waals surface area contributed by atoms with E-state index in [0.29, 0.717) is 10.8 Å². The molecule has 0 aliphatic rings. The van der Waals surface area contributed by atoms with Crippen molar-refractivity contribution in [3.63, 3.8) is 0 Å². The molecule has 0 radical (unpaired) electrons. The van der Waals surface area contributed by atoms with Crippen molar-refractivity contribution in [2.45, 2.75) is 19.4 Å². The second-order valence-corrected chi connectivity index (χ2v) is 3.95. The Morgan fingerprint density at radius 1 is 1.36 bits per heavy atom. The lowest BCUT2D eigenvalue weighted by Crippen LogP contribution is -2.30. The highest BCUT2D eigenvalue weighted by Crippen LogP contribution is 2.23. The first-order valence-corrected chi connectivity index (χ1v) is 4.62. The number of hydrogen-bond acceptors (Lipinski definition) is 2. The molecule has 76 valence electrons. The van der Waals surface area contributed by atoms with Crippen LogP contribution in [0.15, 0.2) is 36.6 Å². The van der Waals surface area contributed by atoms with Crippen molar-refractivity contribution in [1.29, 1.82) is 0 Å². The molecule has 0 fully saturated rings. The van der Waals surface area contributed by atoms with E-state index >= 15 is 0 Å². The third-order valence-electron chi connectivity index (χ3n) is 1.88. The second kappa shape index (κ2) is 3.93. The Kier molecular flexibility index (Phi) is 3.06. The van der Waals surface area contributed by atoms with Gasteiger partial charge in [-0.1, -0.05) is 18.2 Å². The van der Waals surface area contributed by atoms with Crippen LogP contribution in [0.4, 0.5) is 0 Å². The van der Waals surface area contributed by atoms with Gasteiger partial charge in [0.1, 0.15) is 11.5 Å². The van der Waals surface area contributed by atoms with Crippen LogP contribution < -0.4 is 4.74 Å². The van der Waals surface area contributed by atoms with Crippen LogP contribution in [0.25, 0.3) is 0 Å². The standard InChI is InChI=1S/C11H13ClO2/c1-8(13)11(2,3)14-10-6-4-9(12)5-7-10/h4-7,13H,1H2,2-3H3. The van der Waals surface area contributed by atoms with Gasteiger partial charge in [0.15, 0.2) is 5.60 Å². The first-order valence-electron chi connectivity index (χ1n) is 4.25. The lowest BCUT2D eigenvalue weighted by Gasteiger charge is -2.25. The van der Waals surface area contributed by atoms with Crippen molar-refractivity contribution >= 4 is 11.6 Å². The zero-order valence-electron chi connectivity index (χ0n) is 8.25. The Bertz CT molecular complexity index is 328. The van der Waals surface area contributed by atoms with Gasteiger partial charge in [0, 0.05) is 5.02 Å². The van der Waals surface area contributed by atoms with Gasteiger partial charge in [-0.25, -0.2) is 0 Å². The van der Waals surface area contributed by atoms with Crippen LogP contribution in [0.2, 0.25) is 5.02 Å². The summed E-state index contributed by atoms with van der Waals surface area (Å²) in [5, 5.41) is 9.90. The molecule has 1 aromatic carbocycles. The summed E-state index contributed by atoms with van der Waals surface area (Å²) < 4.78 is 5.51. The van der Waals surface area contributed by atoms with Crippen LogP contribution in [-0.4, -0.2) is 10.7 Å². The molecule has 2 nitrogen and oxygen atoms in total. The van der Waals surface area contributed by atoms with E-state index in [2.05, 4.69) is 6.58 Å². The Morgan fingerprint density at radius 3 is 2.29 bits per heavy atom. The maximum Gasteiger partial charge on any atom is 0.159 e. The molecule has 1 N–H and O–H groups in total. The molecule has 1 rings (SSSR count). The molecule has 0 aliphatic carbocycles. The van der Waals surface area contributed by atoms with Crippen LogP contribution in [0.3, 0.4) is 0 Å². The predicted molar refractivity (Wildman–Crippen MR) is 57.9 cm³/mol. The van der Waals surface area contributed by atoms with Crippen molar-refractivity contribution in [3.8, 4) is 5.75 Å². The minimum absolute atomic E-state index is 0.00699. The van der Waals surface area contributed by atoms with Crippen LogP contribution in [-0.2, 0) is 0 Å². The molecule has 0 amide bonds. The van der Waals surface area contributed by atoms with Gasteiger partial charge in [-0.05, 0) is 38.1 Å². The van der Waals surface area contributed by atoms with Crippen molar-refractivity contribution in [2.75, 3.05) is 0 Å². The van der Waals surface area contributed by atoms with E-state index in [-0.39, 0.29) is 5.76 Å². The lowest BCUT2D eigenvalue weighted by molar-refractivity contribution is 0.0974. The van der Waals surface area contributed by atoms with E-state index in [1.54, 1.807) is 38.1 Å². The SMILES string of the molecule is C=C(O)C(C)(C)Oc1ccc(Cl)cc1. The molecule has 0 spiro atoms. The maximum absolute atomic E-state index is 9.25. The maximum atomic E-state index is 9.25. The Balaban J connectivity index is 2.79. The van der Waals surface area contributed by atoms with Gasteiger partial charge < -0.3 is 9.84 Å². The van der Waals surface area contributed by atoms with E-state index in [1.165, 1.54) is 0 Å². The summed E-state index contributed by atoms with van der Waals surface area (Å²) in [4.78, 5) is 0. The normalized spacial score (nSPS) is 11.1. The zero-order chi connectivity index (χ0) is 10.8. The first-order chi connectivity index (χ1) is 6.42. The predicted octanol–water partition coefficient (Wildman–Crippen LogP) is 3.57. The zero-order valence-corrected chi connectivity index (χ0v) is 9.01. The molecular formula is C11H13ClO2. The third-order valence-corrected chi connectivity index (χ3v) is 2.13. The fourth-order valence-electron chi connectivity index (χ4n) is 0.856. The minimum Gasteiger partial charge on any atom is -0.509 e. The molecule has 0 unspecified atom stereocenters. The largest absolute Gasteiger partial charge is 0.509 e. The summed E-state index contributed by atoms with van der Waals surface area (Å²) in [6.07, 6.45) is 0.